The highest BCUT2D eigenvalue weighted by Crippen LogP contribution is 2.26. The quantitative estimate of drug-likeness (QED) is 0.650. The predicted octanol–water partition coefficient (Wildman–Crippen LogP) is 2.09. The van der Waals surface area contributed by atoms with Crippen molar-refractivity contribution in [2.24, 2.45) is 0 Å². The Labute approximate surface area is 91.0 Å². The first-order valence-electron chi connectivity index (χ1n) is 5.48. The molecule has 0 amide bonds. The summed E-state index contributed by atoms with van der Waals surface area (Å²) in [4.78, 5) is 14.1. The van der Waals surface area contributed by atoms with Crippen molar-refractivity contribution >= 4 is 5.78 Å². The first-order chi connectivity index (χ1) is 7.20. The number of carbonyl (C=O) groups is 1. The normalized spacial score (nSPS) is 25.8. The molecule has 0 radical (unpaired) electrons. The van der Waals surface area contributed by atoms with Crippen molar-refractivity contribution in [1.82, 2.24) is 4.90 Å². The number of hydrogen-bond donors (Lipinski definition) is 0. The molecule has 0 spiro atoms. The summed E-state index contributed by atoms with van der Waals surface area (Å²) in [5, 5.41) is 0. The van der Waals surface area contributed by atoms with Gasteiger partial charge in [0.25, 0.3) is 0 Å². The Morgan fingerprint density at radius 2 is 2.13 bits per heavy atom. The van der Waals surface area contributed by atoms with Crippen molar-refractivity contribution in [1.29, 1.82) is 0 Å². The smallest absolute Gasteiger partial charge is 0.184 e. The van der Waals surface area contributed by atoms with Crippen molar-refractivity contribution in [3.8, 4) is 0 Å². The summed E-state index contributed by atoms with van der Waals surface area (Å²) >= 11 is 0. The molecule has 0 saturated carbocycles. The van der Waals surface area contributed by atoms with Crippen LogP contribution in [-0.2, 0) is 4.79 Å². The van der Waals surface area contributed by atoms with Crippen molar-refractivity contribution in [3.05, 3.63) is 35.5 Å². The predicted molar refractivity (Wildman–Crippen MR) is 61.6 cm³/mol. The van der Waals surface area contributed by atoms with Gasteiger partial charge in [-0.3, -0.25) is 9.69 Å². The van der Waals surface area contributed by atoms with E-state index in [-0.39, 0.29) is 11.8 Å². The van der Waals surface area contributed by atoms with E-state index in [2.05, 4.69) is 12.2 Å². The summed E-state index contributed by atoms with van der Waals surface area (Å²) in [5.74, 6) is 0.246. The van der Waals surface area contributed by atoms with Gasteiger partial charge in [0.15, 0.2) is 5.78 Å². The summed E-state index contributed by atoms with van der Waals surface area (Å²) in [7, 11) is 3.89. The van der Waals surface area contributed by atoms with Crippen LogP contribution in [0.4, 0.5) is 0 Å². The maximum Gasteiger partial charge on any atom is 0.184 e. The van der Waals surface area contributed by atoms with Crippen LogP contribution in [0.3, 0.4) is 0 Å². The molecule has 0 aromatic rings. The first kappa shape index (κ1) is 10.4. The topological polar surface area (TPSA) is 20.3 Å². The summed E-state index contributed by atoms with van der Waals surface area (Å²) in [6.07, 6.45) is 11.5. The molecule has 0 heterocycles. The van der Waals surface area contributed by atoms with Gasteiger partial charge in [0, 0.05) is 5.57 Å². The molecular weight excluding hydrogens is 186 g/mol. The van der Waals surface area contributed by atoms with E-state index in [1.807, 2.05) is 31.1 Å². The van der Waals surface area contributed by atoms with Gasteiger partial charge in [-0.25, -0.2) is 0 Å². The largest absolute Gasteiger partial charge is 0.296 e. The number of likely N-dealkylation sites (N-methyl/N-ethyl adjacent to an activating group) is 1. The van der Waals surface area contributed by atoms with E-state index in [1.54, 1.807) is 0 Å². The molecule has 0 fully saturated rings. The second-order valence-electron chi connectivity index (χ2n) is 4.37. The molecule has 1 unspecified atom stereocenters. The van der Waals surface area contributed by atoms with Crippen LogP contribution in [0.5, 0.6) is 0 Å². The molecule has 1 atom stereocenters. The Hall–Kier alpha value is -1.15. The molecule has 0 bridgehead atoms. The maximum absolute atomic E-state index is 12.2. The Morgan fingerprint density at radius 3 is 2.87 bits per heavy atom. The Bertz CT molecular complexity index is 361. The Kier molecular flexibility index (Phi) is 2.87. The van der Waals surface area contributed by atoms with Gasteiger partial charge in [0.05, 0.1) is 6.04 Å². The minimum atomic E-state index is -0.0773. The van der Waals surface area contributed by atoms with E-state index in [1.165, 1.54) is 5.57 Å². The third-order valence-corrected chi connectivity index (χ3v) is 3.02. The van der Waals surface area contributed by atoms with Gasteiger partial charge >= 0.3 is 0 Å². The fourth-order valence-electron chi connectivity index (χ4n) is 2.13. The molecule has 2 aliphatic carbocycles. The van der Waals surface area contributed by atoms with Crippen LogP contribution >= 0.6 is 0 Å². The lowest BCUT2D eigenvalue weighted by molar-refractivity contribution is -0.118. The van der Waals surface area contributed by atoms with Gasteiger partial charge in [-0.05, 0) is 38.9 Å². The average molecular weight is 203 g/mol. The molecule has 0 N–H and O–H groups in total. The zero-order valence-electron chi connectivity index (χ0n) is 9.36. The van der Waals surface area contributed by atoms with Crippen molar-refractivity contribution in [2.75, 3.05) is 14.1 Å². The average Bonchev–Trinajstić information content (AvgIpc) is 2.43. The number of hydrogen-bond acceptors (Lipinski definition) is 2. The fraction of sp³-hybridized carbons (Fsp3) is 0.462. The van der Waals surface area contributed by atoms with Gasteiger partial charge in [-0.15, -0.1) is 0 Å². The fourth-order valence-corrected chi connectivity index (χ4v) is 2.13. The van der Waals surface area contributed by atoms with E-state index >= 15 is 0 Å². The SMILES string of the molecule is CN(C)C1C=CC2=C(C=CCCC2)C1=O. The number of Topliss-reactive ketones (excluding diaryl/α,β-unsaturated/α-hetero) is 1. The number of allylic oxidation sites excluding steroid dienone is 4. The van der Waals surface area contributed by atoms with E-state index in [9.17, 15) is 4.79 Å². The van der Waals surface area contributed by atoms with E-state index in [0.717, 1.165) is 24.8 Å². The zero-order valence-corrected chi connectivity index (χ0v) is 9.36. The van der Waals surface area contributed by atoms with Crippen molar-refractivity contribution in [2.45, 2.75) is 25.3 Å². The van der Waals surface area contributed by atoms with Gasteiger partial charge in [-0.1, -0.05) is 24.3 Å². The van der Waals surface area contributed by atoms with Crippen LogP contribution in [-0.4, -0.2) is 30.8 Å². The minimum absolute atomic E-state index is 0.0773. The van der Waals surface area contributed by atoms with Crippen LogP contribution in [0.1, 0.15) is 19.3 Å². The number of nitrogens with zero attached hydrogens (tertiary/aromatic N) is 1. The summed E-state index contributed by atoms with van der Waals surface area (Å²) in [5.41, 5.74) is 2.14. The van der Waals surface area contributed by atoms with Crippen molar-refractivity contribution in [3.63, 3.8) is 0 Å². The Morgan fingerprint density at radius 1 is 1.33 bits per heavy atom. The summed E-state index contributed by atoms with van der Waals surface area (Å²) in [6, 6.07) is -0.0773. The monoisotopic (exact) mass is 203 g/mol. The number of carbonyl (C=O) groups excluding carboxylic acids is 1. The lowest BCUT2D eigenvalue weighted by Crippen LogP contribution is -2.36. The molecule has 2 rings (SSSR count). The van der Waals surface area contributed by atoms with E-state index in [0.29, 0.717) is 0 Å². The molecule has 0 aromatic heterocycles. The van der Waals surface area contributed by atoms with Gasteiger partial charge in [-0.2, -0.15) is 0 Å². The van der Waals surface area contributed by atoms with Crippen molar-refractivity contribution < 1.29 is 4.79 Å². The molecule has 15 heavy (non-hydrogen) atoms. The lowest BCUT2D eigenvalue weighted by Gasteiger charge is -2.24. The van der Waals surface area contributed by atoms with Crippen LogP contribution in [0, 0.1) is 0 Å². The molecule has 0 saturated heterocycles. The highest BCUT2D eigenvalue weighted by molar-refractivity contribution is 6.05. The molecule has 0 aliphatic heterocycles. The van der Waals surface area contributed by atoms with Crippen LogP contribution in [0.25, 0.3) is 0 Å². The molecule has 80 valence electrons. The number of rotatable bonds is 1. The van der Waals surface area contributed by atoms with E-state index < -0.39 is 0 Å². The van der Waals surface area contributed by atoms with Crippen LogP contribution in [0.15, 0.2) is 35.5 Å². The summed E-state index contributed by atoms with van der Waals surface area (Å²) < 4.78 is 0. The minimum Gasteiger partial charge on any atom is -0.296 e. The third-order valence-electron chi connectivity index (χ3n) is 3.02. The molecule has 0 aromatic carbocycles. The Balaban J connectivity index is 2.33. The molecular formula is C13H17NO. The standard InChI is InChI=1S/C13H17NO/c1-14(2)12-9-8-10-6-4-3-5-7-11(10)13(12)15/h5,7-9,12H,3-4,6H2,1-2H3. The third kappa shape index (κ3) is 1.95. The summed E-state index contributed by atoms with van der Waals surface area (Å²) in [6.45, 7) is 0. The number of ketones is 1. The van der Waals surface area contributed by atoms with Gasteiger partial charge < -0.3 is 0 Å². The highest BCUT2D eigenvalue weighted by Gasteiger charge is 2.26. The first-order valence-corrected chi connectivity index (χ1v) is 5.48. The molecule has 2 aliphatic rings. The van der Waals surface area contributed by atoms with Gasteiger partial charge in [0.1, 0.15) is 0 Å². The zero-order chi connectivity index (χ0) is 10.8. The highest BCUT2D eigenvalue weighted by atomic mass is 16.1. The van der Waals surface area contributed by atoms with Crippen LogP contribution < -0.4 is 0 Å². The second kappa shape index (κ2) is 4.15. The molecule has 2 heteroatoms. The van der Waals surface area contributed by atoms with E-state index in [4.69, 9.17) is 0 Å². The maximum atomic E-state index is 12.2. The van der Waals surface area contributed by atoms with Gasteiger partial charge in [0.2, 0.25) is 0 Å². The molecule has 2 nitrogen and oxygen atoms in total. The second-order valence-corrected chi connectivity index (χ2v) is 4.37. The van der Waals surface area contributed by atoms with Crippen LogP contribution in [0.2, 0.25) is 0 Å². The lowest BCUT2D eigenvalue weighted by atomic mass is 9.91.